The fraction of sp³-hybridized carbons (Fsp3) is 0.0500. The molecule has 4 nitrogen and oxygen atoms in total. The van der Waals surface area contributed by atoms with Gasteiger partial charge >= 0.3 is 0 Å². The molecule has 0 amide bonds. The van der Waals surface area contributed by atoms with Gasteiger partial charge in [-0.1, -0.05) is 218 Å². The lowest BCUT2D eigenvalue weighted by Crippen LogP contribution is -2.26. The molecule has 4 heteroatoms. The highest BCUT2D eigenvalue weighted by Gasteiger charge is 2.53. The first-order valence-electron chi connectivity index (χ1n) is 29.2. The topological polar surface area (TPSA) is 51.0 Å². The smallest absolute Gasteiger partial charge is 0.0973 e. The second kappa shape index (κ2) is 17.9. The summed E-state index contributed by atoms with van der Waals surface area (Å²) in [6.45, 7) is 0. The molecule has 0 saturated carbocycles. The molecule has 1 unspecified atom stereocenters. The number of para-hydroxylation sites is 2. The molecule has 1 aliphatic heterocycles. The van der Waals surface area contributed by atoms with E-state index in [0.717, 1.165) is 51.1 Å². The lowest BCUT2D eigenvalue weighted by atomic mass is 9.69. The quantitative estimate of drug-likeness (QED) is 0.167. The van der Waals surface area contributed by atoms with Gasteiger partial charge in [-0.15, -0.1) is 0 Å². The number of hydrogen-bond donors (Lipinski definition) is 0. The zero-order valence-corrected chi connectivity index (χ0v) is 45.7. The Bertz CT molecular complexity index is 4900. The highest BCUT2D eigenvalue weighted by molar-refractivity contribution is 6.00. The summed E-state index contributed by atoms with van der Waals surface area (Å²) in [5.74, 6) is 0.289. The normalized spacial score (nSPS) is 15.3. The standard InChI is InChI=1S/C80H50N4/c1-5-19-67-59(15-1)60-16-2-6-20-68(60)79(67)71-43-53(49-25-29-51(30-26-49)57-13-11-41-81-47-57)33-37-63(71)65-39-35-55(45-73(65)79)77-78(84-76-24-10-9-23-75(76)83-77)56-36-40-66-64-38-34-54(50-27-31-52(32-28-50)58-14-12-42-82-48-58)44-72(64)80(74(66)46-56)69-21-7-3-17-61(69)62-18-4-8-22-70(62)80/h1-13,15-48,58H,14H2. The molecule has 18 rings (SSSR count). The third kappa shape index (κ3) is 6.53. The maximum absolute atomic E-state index is 5.68. The van der Waals surface area contributed by atoms with Crippen LogP contribution in [0.3, 0.4) is 0 Å². The largest absolute Gasteiger partial charge is 0.269 e. The van der Waals surface area contributed by atoms with Gasteiger partial charge < -0.3 is 0 Å². The summed E-state index contributed by atoms with van der Waals surface area (Å²) in [4.78, 5) is 20.2. The molecule has 0 N–H and O–H groups in total. The first-order valence-corrected chi connectivity index (χ1v) is 29.2. The average molecular weight is 1070 g/mol. The summed E-state index contributed by atoms with van der Waals surface area (Å²) in [6, 6.07) is 95.4. The molecule has 5 aliphatic rings. The summed E-state index contributed by atoms with van der Waals surface area (Å²) in [5.41, 5.74) is 32.9. The van der Waals surface area contributed by atoms with Crippen LogP contribution in [0.2, 0.25) is 0 Å². The highest BCUT2D eigenvalue weighted by Crippen LogP contribution is 2.66. The first kappa shape index (κ1) is 47.0. The minimum absolute atomic E-state index is 0.289. The molecule has 11 aromatic carbocycles. The van der Waals surface area contributed by atoms with E-state index in [4.69, 9.17) is 9.97 Å². The van der Waals surface area contributed by atoms with E-state index in [2.05, 4.69) is 271 Å². The van der Waals surface area contributed by atoms with E-state index in [1.807, 2.05) is 24.7 Å². The van der Waals surface area contributed by atoms with Gasteiger partial charge in [0.05, 0.1) is 33.3 Å². The molecule has 84 heavy (non-hydrogen) atoms. The molecular weight excluding hydrogens is 1020 g/mol. The van der Waals surface area contributed by atoms with Gasteiger partial charge in [0.25, 0.3) is 0 Å². The van der Waals surface area contributed by atoms with Crippen LogP contribution < -0.4 is 0 Å². The fourth-order valence-electron chi connectivity index (χ4n) is 15.4. The van der Waals surface area contributed by atoms with Crippen LogP contribution in [-0.4, -0.2) is 21.2 Å². The second-order valence-electron chi connectivity index (χ2n) is 23.1. The number of pyridine rings is 1. The molecule has 0 fully saturated rings. The van der Waals surface area contributed by atoms with Crippen molar-refractivity contribution in [3.05, 3.63) is 330 Å². The minimum atomic E-state index is -0.596. The third-order valence-electron chi connectivity index (χ3n) is 19.0. The maximum atomic E-state index is 5.68. The summed E-state index contributed by atoms with van der Waals surface area (Å²) in [6.07, 6.45) is 10.8. The van der Waals surface area contributed by atoms with Gasteiger partial charge in [0.15, 0.2) is 0 Å². The van der Waals surface area contributed by atoms with Crippen LogP contribution in [0.1, 0.15) is 62.4 Å². The highest BCUT2D eigenvalue weighted by atomic mass is 14.8. The van der Waals surface area contributed by atoms with E-state index < -0.39 is 10.8 Å². The molecule has 1 atom stereocenters. The maximum Gasteiger partial charge on any atom is 0.0973 e. The zero-order valence-electron chi connectivity index (χ0n) is 45.7. The number of nitrogens with zero attached hydrogens (tertiary/aromatic N) is 4. The number of hydrogen-bond acceptors (Lipinski definition) is 4. The van der Waals surface area contributed by atoms with Gasteiger partial charge in [-0.3, -0.25) is 9.98 Å². The Hall–Kier alpha value is -10.7. The minimum Gasteiger partial charge on any atom is -0.269 e. The Balaban J connectivity index is 0.825. The number of rotatable bonds is 6. The van der Waals surface area contributed by atoms with E-state index in [0.29, 0.717) is 0 Å². The van der Waals surface area contributed by atoms with Crippen molar-refractivity contribution in [1.82, 2.24) is 15.0 Å². The molecule has 13 aromatic rings. The van der Waals surface area contributed by atoms with Crippen LogP contribution >= 0.6 is 0 Å². The Morgan fingerprint density at radius 1 is 0.310 bits per heavy atom. The van der Waals surface area contributed by atoms with E-state index >= 15 is 0 Å². The van der Waals surface area contributed by atoms with Gasteiger partial charge in [0, 0.05) is 41.9 Å². The van der Waals surface area contributed by atoms with Gasteiger partial charge in [0.1, 0.15) is 0 Å². The molecule has 4 aliphatic carbocycles. The molecule has 3 heterocycles. The molecular formula is C80H50N4. The van der Waals surface area contributed by atoms with Crippen molar-refractivity contribution in [2.75, 3.05) is 0 Å². The van der Waals surface area contributed by atoms with Gasteiger partial charge in [0.2, 0.25) is 0 Å². The number of aliphatic imine (C=N–C) groups is 1. The lowest BCUT2D eigenvalue weighted by Gasteiger charge is -2.31. The average Bonchev–Trinajstić information content (AvgIpc) is 1.65. The molecule has 0 bridgehead atoms. The molecule has 390 valence electrons. The van der Waals surface area contributed by atoms with E-state index in [1.165, 1.54) is 117 Å². The van der Waals surface area contributed by atoms with Crippen molar-refractivity contribution in [3.8, 4) is 100 Å². The lowest BCUT2D eigenvalue weighted by molar-refractivity contribution is 0.794. The van der Waals surface area contributed by atoms with E-state index in [-0.39, 0.29) is 5.92 Å². The monoisotopic (exact) mass is 1070 g/mol. The predicted octanol–water partition coefficient (Wildman–Crippen LogP) is 19.1. The third-order valence-corrected chi connectivity index (χ3v) is 19.0. The Morgan fingerprint density at radius 3 is 1.10 bits per heavy atom. The first-order chi connectivity index (χ1) is 41.6. The van der Waals surface area contributed by atoms with E-state index in [9.17, 15) is 0 Å². The molecule has 0 saturated heterocycles. The van der Waals surface area contributed by atoms with Crippen molar-refractivity contribution in [2.24, 2.45) is 4.99 Å². The fourth-order valence-corrected chi connectivity index (χ4v) is 15.4. The molecule has 2 aromatic heterocycles. The summed E-state index contributed by atoms with van der Waals surface area (Å²) >= 11 is 0. The van der Waals surface area contributed by atoms with Gasteiger partial charge in [-0.2, -0.15) is 0 Å². The Morgan fingerprint density at radius 2 is 0.679 bits per heavy atom. The van der Waals surface area contributed by atoms with Crippen molar-refractivity contribution in [3.63, 3.8) is 0 Å². The van der Waals surface area contributed by atoms with Crippen molar-refractivity contribution in [2.45, 2.75) is 23.2 Å². The van der Waals surface area contributed by atoms with Crippen LogP contribution in [0.4, 0.5) is 0 Å². The number of benzene rings is 11. The van der Waals surface area contributed by atoms with Crippen LogP contribution in [0.5, 0.6) is 0 Å². The van der Waals surface area contributed by atoms with Crippen LogP contribution in [-0.2, 0) is 10.8 Å². The van der Waals surface area contributed by atoms with Crippen molar-refractivity contribution >= 4 is 17.2 Å². The van der Waals surface area contributed by atoms with Crippen LogP contribution in [0, 0.1) is 0 Å². The van der Waals surface area contributed by atoms with Crippen LogP contribution in [0.15, 0.2) is 284 Å². The number of aromatic nitrogens is 3. The predicted molar refractivity (Wildman–Crippen MR) is 342 cm³/mol. The van der Waals surface area contributed by atoms with E-state index in [1.54, 1.807) is 0 Å². The SMILES string of the molecule is C1=CN=CC(c2ccc(-c3ccc4c(c3)C3(c5ccccc5-c5ccccc53)c3cc(-c5nc6ccccc6nc5-c5ccc6c(c5)C5(c7ccccc7-c7ccccc75)c5cc(-c7ccc(-c8cccnc8)cc7)ccc5-6)ccc3-4)cc2)C1. The molecule has 2 spiro atoms. The van der Waals surface area contributed by atoms with Crippen molar-refractivity contribution in [1.29, 1.82) is 0 Å². The summed E-state index contributed by atoms with van der Waals surface area (Å²) in [7, 11) is 0. The number of fused-ring (bicyclic) bond motifs is 21. The molecule has 0 radical (unpaired) electrons. The van der Waals surface area contributed by atoms with Crippen LogP contribution in [0.25, 0.3) is 111 Å². The summed E-state index contributed by atoms with van der Waals surface area (Å²) < 4.78 is 0. The zero-order chi connectivity index (χ0) is 55.1. The second-order valence-corrected chi connectivity index (χ2v) is 23.1. The Labute approximate surface area is 487 Å². The van der Waals surface area contributed by atoms with Gasteiger partial charge in [-0.05, 0) is 177 Å². The Kier molecular flexibility index (Phi) is 10.0. The van der Waals surface area contributed by atoms with Gasteiger partial charge in [-0.25, -0.2) is 9.97 Å². The summed E-state index contributed by atoms with van der Waals surface area (Å²) in [5, 5.41) is 0. The number of allylic oxidation sites excluding steroid dienone is 1. The van der Waals surface area contributed by atoms with Crippen molar-refractivity contribution < 1.29 is 0 Å².